The molecule has 3 aromatic rings. The highest BCUT2D eigenvalue weighted by molar-refractivity contribution is 6.23. The van der Waals surface area contributed by atoms with Gasteiger partial charge in [0.2, 0.25) is 0 Å². The number of benzene rings is 2. The van der Waals surface area contributed by atoms with Gasteiger partial charge in [0.05, 0.1) is 17.9 Å². The zero-order chi connectivity index (χ0) is 21.7. The summed E-state index contributed by atoms with van der Waals surface area (Å²) >= 11 is 0. The Bertz CT molecular complexity index is 1130. The Kier molecular flexibility index (Phi) is 6.67. The molecular weight excluding hydrogens is 380 g/mol. The lowest BCUT2D eigenvalue weighted by molar-refractivity contribution is -0.134. The minimum absolute atomic E-state index is 0.303. The van der Waals surface area contributed by atoms with Crippen LogP contribution in [0.3, 0.4) is 0 Å². The molecule has 0 N–H and O–H groups in total. The standard InChI is InChI=1S/C24H26N2O4/c1-5-26(6-2)19-12-13-20-16(4)23(24(28)30-21(20)14-19)17-8-10-18(11-9-17)25-15-22(27)29-7-3/h8-15H,5-7H2,1-4H3. The van der Waals surface area contributed by atoms with Crippen molar-refractivity contribution in [1.82, 2.24) is 0 Å². The van der Waals surface area contributed by atoms with Crippen molar-refractivity contribution >= 4 is 34.5 Å². The van der Waals surface area contributed by atoms with Crippen LogP contribution in [0, 0.1) is 6.92 Å². The summed E-state index contributed by atoms with van der Waals surface area (Å²) in [5.74, 6) is -0.489. The van der Waals surface area contributed by atoms with Gasteiger partial charge in [-0.25, -0.2) is 14.6 Å². The number of fused-ring (bicyclic) bond motifs is 1. The third-order valence-electron chi connectivity index (χ3n) is 5.04. The molecule has 0 unspecified atom stereocenters. The maximum atomic E-state index is 12.8. The normalized spacial score (nSPS) is 11.2. The van der Waals surface area contributed by atoms with E-state index in [9.17, 15) is 9.59 Å². The molecule has 0 radical (unpaired) electrons. The second-order valence-electron chi connectivity index (χ2n) is 6.80. The lowest BCUT2D eigenvalue weighted by Crippen LogP contribution is -2.21. The van der Waals surface area contributed by atoms with Gasteiger partial charge in [-0.1, -0.05) is 12.1 Å². The number of aryl methyl sites for hydroxylation is 1. The van der Waals surface area contributed by atoms with Gasteiger partial charge in [0.1, 0.15) is 11.8 Å². The van der Waals surface area contributed by atoms with Gasteiger partial charge < -0.3 is 14.1 Å². The molecule has 0 saturated heterocycles. The minimum atomic E-state index is -0.489. The van der Waals surface area contributed by atoms with Crippen LogP contribution in [-0.4, -0.2) is 31.9 Å². The monoisotopic (exact) mass is 406 g/mol. The Morgan fingerprint density at radius 1 is 1.10 bits per heavy atom. The number of carbonyl (C=O) groups excluding carboxylic acids is 1. The quantitative estimate of drug-likeness (QED) is 0.318. The van der Waals surface area contributed by atoms with E-state index in [1.807, 2.05) is 19.1 Å². The van der Waals surface area contributed by atoms with Crippen molar-refractivity contribution < 1.29 is 13.9 Å². The Morgan fingerprint density at radius 2 is 1.80 bits per heavy atom. The third kappa shape index (κ3) is 4.43. The maximum absolute atomic E-state index is 12.8. The molecule has 0 aliphatic rings. The fourth-order valence-corrected chi connectivity index (χ4v) is 3.48. The number of hydrogen-bond acceptors (Lipinski definition) is 6. The van der Waals surface area contributed by atoms with Crippen LogP contribution in [-0.2, 0) is 9.53 Å². The van der Waals surface area contributed by atoms with Crippen molar-refractivity contribution in [2.75, 3.05) is 24.6 Å². The zero-order valence-electron chi connectivity index (χ0n) is 17.8. The molecule has 6 heteroatoms. The fourth-order valence-electron chi connectivity index (χ4n) is 3.48. The molecule has 0 atom stereocenters. The van der Waals surface area contributed by atoms with Crippen LogP contribution in [0.1, 0.15) is 26.3 Å². The molecule has 0 spiro atoms. The molecule has 156 valence electrons. The van der Waals surface area contributed by atoms with Crippen LogP contribution in [0.2, 0.25) is 0 Å². The molecule has 1 heterocycles. The summed E-state index contributed by atoms with van der Waals surface area (Å²) in [6.45, 7) is 9.93. The Morgan fingerprint density at radius 3 is 2.43 bits per heavy atom. The van der Waals surface area contributed by atoms with Crippen molar-refractivity contribution in [1.29, 1.82) is 0 Å². The van der Waals surface area contributed by atoms with E-state index in [4.69, 9.17) is 9.15 Å². The lowest BCUT2D eigenvalue weighted by atomic mass is 9.99. The second-order valence-corrected chi connectivity index (χ2v) is 6.80. The first-order valence-electron chi connectivity index (χ1n) is 10.1. The molecule has 30 heavy (non-hydrogen) atoms. The first kappa shape index (κ1) is 21.3. The van der Waals surface area contributed by atoms with Crippen LogP contribution in [0.4, 0.5) is 11.4 Å². The van der Waals surface area contributed by atoms with Crippen molar-refractivity contribution in [3.63, 3.8) is 0 Å². The Labute approximate surface area is 175 Å². The van der Waals surface area contributed by atoms with Crippen LogP contribution in [0.25, 0.3) is 22.1 Å². The highest BCUT2D eigenvalue weighted by Crippen LogP contribution is 2.30. The summed E-state index contributed by atoms with van der Waals surface area (Å²) < 4.78 is 10.5. The first-order valence-corrected chi connectivity index (χ1v) is 10.1. The van der Waals surface area contributed by atoms with Gasteiger partial charge in [-0.05, 0) is 63.1 Å². The van der Waals surface area contributed by atoms with E-state index in [2.05, 4.69) is 29.8 Å². The largest absolute Gasteiger partial charge is 0.462 e. The van der Waals surface area contributed by atoms with Gasteiger partial charge >= 0.3 is 11.6 Å². The molecule has 0 fully saturated rings. The molecule has 1 aromatic heterocycles. The third-order valence-corrected chi connectivity index (χ3v) is 5.04. The van der Waals surface area contributed by atoms with Crippen molar-refractivity contribution in [2.45, 2.75) is 27.7 Å². The topological polar surface area (TPSA) is 72.1 Å². The van der Waals surface area contributed by atoms with Crippen molar-refractivity contribution in [3.8, 4) is 11.1 Å². The number of esters is 1. The zero-order valence-corrected chi connectivity index (χ0v) is 17.8. The lowest BCUT2D eigenvalue weighted by Gasteiger charge is -2.21. The molecule has 0 bridgehead atoms. The predicted octanol–water partition coefficient (Wildman–Crippen LogP) is 4.88. The van der Waals surface area contributed by atoms with Gasteiger partial charge in [-0.3, -0.25) is 0 Å². The number of rotatable bonds is 7. The van der Waals surface area contributed by atoms with Crippen molar-refractivity contribution in [3.05, 3.63) is 58.4 Å². The van der Waals surface area contributed by atoms with Crippen molar-refractivity contribution in [2.24, 2.45) is 4.99 Å². The summed E-state index contributed by atoms with van der Waals surface area (Å²) in [6.07, 6.45) is 1.14. The van der Waals surface area contributed by atoms with E-state index in [0.29, 0.717) is 23.4 Å². The molecular formula is C24H26N2O4. The maximum Gasteiger partial charge on any atom is 0.349 e. The fraction of sp³-hybridized carbons (Fsp3) is 0.292. The number of ether oxygens (including phenoxy) is 1. The van der Waals surface area contributed by atoms with E-state index in [1.54, 1.807) is 31.2 Å². The Balaban J connectivity index is 1.97. The smallest absolute Gasteiger partial charge is 0.349 e. The molecule has 3 rings (SSSR count). The number of carbonyl (C=O) groups is 1. The number of anilines is 1. The van der Waals surface area contributed by atoms with Gasteiger partial charge in [-0.15, -0.1) is 0 Å². The Hall–Kier alpha value is -3.41. The first-order chi connectivity index (χ1) is 14.5. The van der Waals surface area contributed by atoms with Gasteiger partial charge in [0.25, 0.3) is 0 Å². The molecule has 0 amide bonds. The summed E-state index contributed by atoms with van der Waals surface area (Å²) in [4.78, 5) is 30.5. The minimum Gasteiger partial charge on any atom is -0.462 e. The molecule has 0 aliphatic heterocycles. The summed E-state index contributed by atoms with van der Waals surface area (Å²) in [7, 11) is 0. The molecule has 0 aliphatic carbocycles. The van der Waals surface area contributed by atoms with E-state index >= 15 is 0 Å². The summed E-state index contributed by atoms with van der Waals surface area (Å²) in [5, 5.41) is 0.907. The van der Waals surface area contributed by atoms with E-state index in [-0.39, 0.29) is 5.63 Å². The van der Waals surface area contributed by atoms with E-state index < -0.39 is 5.97 Å². The van der Waals surface area contributed by atoms with Crippen LogP contribution >= 0.6 is 0 Å². The van der Waals surface area contributed by atoms with Crippen LogP contribution < -0.4 is 10.5 Å². The number of aliphatic imine (C=N–C) groups is 1. The summed E-state index contributed by atoms with van der Waals surface area (Å²) in [6, 6.07) is 13.1. The molecule has 2 aromatic carbocycles. The SMILES string of the molecule is CCOC(=O)C=Nc1ccc(-c2c(C)c3ccc(N(CC)CC)cc3oc2=O)cc1. The average molecular weight is 406 g/mol. The highest BCUT2D eigenvalue weighted by atomic mass is 16.5. The van der Waals surface area contributed by atoms with Gasteiger partial charge in [0, 0.05) is 30.2 Å². The van der Waals surface area contributed by atoms with Crippen LogP contribution in [0.5, 0.6) is 0 Å². The average Bonchev–Trinajstić information content (AvgIpc) is 2.74. The predicted molar refractivity (Wildman–Crippen MR) is 121 cm³/mol. The molecule has 0 saturated carbocycles. The van der Waals surface area contributed by atoms with Crippen LogP contribution in [0.15, 0.2) is 56.7 Å². The van der Waals surface area contributed by atoms with E-state index in [0.717, 1.165) is 41.5 Å². The second kappa shape index (κ2) is 9.39. The van der Waals surface area contributed by atoms with Gasteiger partial charge in [-0.2, -0.15) is 0 Å². The number of hydrogen-bond donors (Lipinski definition) is 0. The number of nitrogens with zero attached hydrogens (tertiary/aromatic N) is 2. The molecule has 6 nitrogen and oxygen atoms in total. The van der Waals surface area contributed by atoms with Gasteiger partial charge in [0.15, 0.2) is 0 Å². The highest BCUT2D eigenvalue weighted by Gasteiger charge is 2.14. The summed E-state index contributed by atoms with van der Waals surface area (Å²) in [5.41, 5.74) is 3.98. The van der Waals surface area contributed by atoms with E-state index in [1.165, 1.54) is 0 Å².